The minimum absolute atomic E-state index is 0.0445. The standard InChI is InChI=1S/C8H8ClFS/c1-5(11)7-3-2-6(10)4-8(7)9/h2-5,11H,1H3/t5-/m1/s1. The first-order valence-corrected chi connectivity index (χ1v) is 4.13. The summed E-state index contributed by atoms with van der Waals surface area (Å²) < 4.78 is 12.5. The molecule has 1 aromatic carbocycles. The summed E-state index contributed by atoms with van der Waals surface area (Å²) in [5.41, 5.74) is 0.858. The zero-order chi connectivity index (χ0) is 8.43. The Morgan fingerprint density at radius 1 is 1.55 bits per heavy atom. The van der Waals surface area contributed by atoms with Crippen molar-refractivity contribution in [1.82, 2.24) is 0 Å². The Kier molecular flexibility index (Phi) is 2.79. The van der Waals surface area contributed by atoms with Crippen LogP contribution in [0.15, 0.2) is 18.2 Å². The second-order valence-electron chi connectivity index (χ2n) is 2.34. The number of halogens is 2. The third kappa shape index (κ3) is 2.11. The summed E-state index contributed by atoms with van der Waals surface area (Å²) in [6, 6.07) is 4.33. The van der Waals surface area contributed by atoms with Crippen molar-refractivity contribution < 1.29 is 4.39 Å². The lowest BCUT2D eigenvalue weighted by Gasteiger charge is -2.05. The highest BCUT2D eigenvalue weighted by Crippen LogP contribution is 2.27. The van der Waals surface area contributed by atoms with Crippen LogP contribution in [0.1, 0.15) is 17.7 Å². The van der Waals surface area contributed by atoms with Crippen molar-refractivity contribution in [3.8, 4) is 0 Å². The van der Waals surface area contributed by atoms with Crippen LogP contribution in [0.2, 0.25) is 5.02 Å². The fourth-order valence-electron chi connectivity index (χ4n) is 0.840. The smallest absolute Gasteiger partial charge is 0.124 e. The molecule has 0 radical (unpaired) electrons. The highest BCUT2D eigenvalue weighted by atomic mass is 35.5. The van der Waals surface area contributed by atoms with Crippen LogP contribution < -0.4 is 0 Å². The predicted molar refractivity (Wildman–Crippen MR) is 48.8 cm³/mol. The van der Waals surface area contributed by atoms with Gasteiger partial charge >= 0.3 is 0 Å². The molecule has 3 heteroatoms. The average Bonchev–Trinajstić information content (AvgIpc) is 1.85. The molecular formula is C8H8ClFS. The summed E-state index contributed by atoms with van der Waals surface area (Å²) >= 11 is 9.92. The molecule has 1 aromatic rings. The van der Waals surface area contributed by atoms with Crippen molar-refractivity contribution in [2.45, 2.75) is 12.2 Å². The summed E-state index contributed by atoms with van der Waals surface area (Å²) in [4.78, 5) is 0. The molecule has 0 saturated heterocycles. The Balaban J connectivity index is 3.09. The van der Waals surface area contributed by atoms with Gasteiger partial charge in [0.2, 0.25) is 0 Å². The van der Waals surface area contributed by atoms with E-state index in [2.05, 4.69) is 12.6 Å². The maximum Gasteiger partial charge on any atom is 0.124 e. The first kappa shape index (κ1) is 8.88. The highest BCUT2D eigenvalue weighted by molar-refractivity contribution is 7.80. The topological polar surface area (TPSA) is 0 Å². The summed E-state index contributed by atoms with van der Waals surface area (Å²) in [5.74, 6) is -0.312. The van der Waals surface area contributed by atoms with E-state index in [1.54, 1.807) is 6.07 Å². The molecule has 60 valence electrons. The second kappa shape index (κ2) is 3.46. The van der Waals surface area contributed by atoms with Crippen molar-refractivity contribution in [2.24, 2.45) is 0 Å². The van der Waals surface area contributed by atoms with E-state index in [-0.39, 0.29) is 11.1 Å². The van der Waals surface area contributed by atoms with Crippen molar-refractivity contribution in [2.75, 3.05) is 0 Å². The molecule has 0 heterocycles. The first-order valence-electron chi connectivity index (χ1n) is 3.24. The molecule has 0 amide bonds. The van der Waals surface area contributed by atoms with Gasteiger partial charge in [-0.15, -0.1) is 0 Å². The van der Waals surface area contributed by atoms with Crippen LogP contribution in [-0.2, 0) is 0 Å². The fraction of sp³-hybridized carbons (Fsp3) is 0.250. The summed E-state index contributed by atoms with van der Waals surface area (Å²) in [7, 11) is 0. The Hall–Kier alpha value is -0.210. The Morgan fingerprint density at radius 3 is 2.64 bits per heavy atom. The van der Waals surface area contributed by atoms with Gasteiger partial charge in [0.25, 0.3) is 0 Å². The lowest BCUT2D eigenvalue weighted by atomic mass is 10.2. The van der Waals surface area contributed by atoms with Crippen molar-refractivity contribution in [3.63, 3.8) is 0 Å². The molecule has 0 aliphatic heterocycles. The normalized spacial score (nSPS) is 13.1. The van der Waals surface area contributed by atoms with Crippen LogP contribution in [0, 0.1) is 5.82 Å². The van der Waals surface area contributed by atoms with Gasteiger partial charge in [-0.05, 0) is 24.6 Å². The molecule has 0 unspecified atom stereocenters. The van der Waals surface area contributed by atoms with Gasteiger partial charge < -0.3 is 0 Å². The van der Waals surface area contributed by atoms with Gasteiger partial charge in [0.1, 0.15) is 5.82 Å². The number of hydrogen-bond acceptors (Lipinski definition) is 1. The Morgan fingerprint density at radius 2 is 2.18 bits per heavy atom. The lowest BCUT2D eigenvalue weighted by molar-refractivity contribution is 0.627. The summed E-state index contributed by atoms with van der Waals surface area (Å²) in [6.07, 6.45) is 0. The number of thiol groups is 1. The monoisotopic (exact) mass is 190 g/mol. The quantitative estimate of drug-likeness (QED) is 0.645. The van der Waals surface area contributed by atoms with Crippen LogP contribution in [0.3, 0.4) is 0 Å². The maximum absolute atomic E-state index is 12.5. The van der Waals surface area contributed by atoms with Crippen LogP contribution >= 0.6 is 24.2 Å². The van der Waals surface area contributed by atoms with E-state index in [9.17, 15) is 4.39 Å². The summed E-state index contributed by atoms with van der Waals surface area (Å²) in [6.45, 7) is 1.89. The minimum Gasteiger partial charge on any atom is -0.207 e. The first-order chi connectivity index (χ1) is 5.11. The van der Waals surface area contributed by atoms with Crippen molar-refractivity contribution >= 4 is 24.2 Å². The molecule has 1 atom stereocenters. The van der Waals surface area contributed by atoms with E-state index in [1.807, 2.05) is 6.92 Å². The van der Waals surface area contributed by atoms with Gasteiger partial charge in [0.05, 0.1) is 0 Å². The third-order valence-electron chi connectivity index (χ3n) is 1.41. The predicted octanol–water partition coefficient (Wildman–Crippen LogP) is 3.47. The number of hydrogen-bond donors (Lipinski definition) is 1. The van der Waals surface area contributed by atoms with Crippen LogP contribution in [0.25, 0.3) is 0 Å². The molecule has 11 heavy (non-hydrogen) atoms. The molecule has 0 aromatic heterocycles. The molecular weight excluding hydrogens is 183 g/mol. The Labute approximate surface area is 75.8 Å². The molecule has 0 fully saturated rings. The largest absolute Gasteiger partial charge is 0.207 e. The fourth-order valence-corrected chi connectivity index (χ4v) is 1.47. The molecule has 0 aliphatic rings. The van der Waals surface area contributed by atoms with Crippen LogP contribution in [-0.4, -0.2) is 0 Å². The van der Waals surface area contributed by atoms with Gasteiger partial charge in [0, 0.05) is 10.3 Å². The third-order valence-corrected chi connectivity index (χ3v) is 2.02. The average molecular weight is 191 g/mol. The molecule has 0 spiro atoms. The SMILES string of the molecule is C[C@@H](S)c1ccc(F)cc1Cl. The molecule has 0 N–H and O–H groups in total. The molecule has 1 rings (SSSR count). The van der Waals surface area contributed by atoms with Gasteiger partial charge in [-0.2, -0.15) is 12.6 Å². The van der Waals surface area contributed by atoms with E-state index in [1.165, 1.54) is 12.1 Å². The van der Waals surface area contributed by atoms with E-state index < -0.39 is 0 Å². The van der Waals surface area contributed by atoms with E-state index in [0.717, 1.165) is 5.56 Å². The zero-order valence-corrected chi connectivity index (χ0v) is 7.66. The Bertz CT molecular complexity index is 260. The molecule has 0 saturated carbocycles. The van der Waals surface area contributed by atoms with Crippen molar-refractivity contribution in [1.29, 1.82) is 0 Å². The van der Waals surface area contributed by atoms with Gasteiger partial charge in [0.15, 0.2) is 0 Å². The lowest BCUT2D eigenvalue weighted by Crippen LogP contribution is -1.86. The number of rotatable bonds is 1. The number of benzene rings is 1. The van der Waals surface area contributed by atoms with E-state index >= 15 is 0 Å². The van der Waals surface area contributed by atoms with Crippen molar-refractivity contribution in [3.05, 3.63) is 34.6 Å². The maximum atomic E-state index is 12.5. The molecule has 0 nitrogen and oxygen atoms in total. The second-order valence-corrected chi connectivity index (χ2v) is 3.52. The molecule has 0 bridgehead atoms. The van der Waals surface area contributed by atoms with Gasteiger partial charge in [-0.3, -0.25) is 0 Å². The van der Waals surface area contributed by atoms with Crippen LogP contribution in [0.5, 0.6) is 0 Å². The highest BCUT2D eigenvalue weighted by Gasteiger charge is 2.05. The zero-order valence-electron chi connectivity index (χ0n) is 6.01. The van der Waals surface area contributed by atoms with Crippen LogP contribution in [0.4, 0.5) is 4.39 Å². The minimum atomic E-state index is -0.312. The van der Waals surface area contributed by atoms with E-state index in [0.29, 0.717) is 5.02 Å². The summed E-state index contributed by atoms with van der Waals surface area (Å²) in [5, 5.41) is 0.482. The van der Waals surface area contributed by atoms with Gasteiger partial charge in [-0.1, -0.05) is 17.7 Å². The van der Waals surface area contributed by atoms with Gasteiger partial charge in [-0.25, -0.2) is 4.39 Å². The molecule has 0 aliphatic carbocycles. The van der Waals surface area contributed by atoms with E-state index in [4.69, 9.17) is 11.6 Å².